The number of ether oxygens (including phenoxy) is 4. The number of aliphatic hydroxyl groups excluding tert-OH is 2. The summed E-state index contributed by atoms with van der Waals surface area (Å²) in [7, 11) is 0. The molecule has 2 fully saturated rings. The first-order chi connectivity index (χ1) is 13.5. The van der Waals surface area contributed by atoms with Crippen molar-refractivity contribution in [2.75, 3.05) is 6.61 Å². The van der Waals surface area contributed by atoms with Crippen LogP contribution in [-0.2, 0) is 14.2 Å². The van der Waals surface area contributed by atoms with Crippen molar-refractivity contribution >= 4 is 5.69 Å². The molecular formula is C19H19NO8. The zero-order valence-electron chi connectivity index (χ0n) is 14.7. The lowest BCUT2D eigenvalue weighted by Gasteiger charge is -2.46. The third-order valence-electron chi connectivity index (χ3n) is 4.70. The summed E-state index contributed by atoms with van der Waals surface area (Å²) < 4.78 is 22.8. The fraction of sp³-hybridized carbons (Fsp3) is 0.368. The van der Waals surface area contributed by atoms with Crippen molar-refractivity contribution < 1.29 is 34.1 Å². The van der Waals surface area contributed by atoms with Gasteiger partial charge in [0.15, 0.2) is 6.29 Å². The number of hydrogen-bond donors (Lipinski definition) is 2. The molecule has 0 amide bonds. The minimum Gasteiger partial charge on any atom is -0.462 e. The van der Waals surface area contributed by atoms with Gasteiger partial charge in [-0.3, -0.25) is 10.1 Å². The van der Waals surface area contributed by atoms with Crippen molar-refractivity contribution in [1.29, 1.82) is 0 Å². The number of hydrogen-bond acceptors (Lipinski definition) is 8. The van der Waals surface area contributed by atoms with E-state index < -0.39 is 41.9 Å². The van der Waals surface area contributed by atoms with Crippen molar-refractivity contribution in [3.8, 4) is 5.75 Å². The van der Waals surface area contributed by atoms with E-state index in [-0.39, 0.29) is 18.0 Å². The van der Waals surface area contributed by atoms with Crippen LogP contribution in [0.3, 0.4) is 0 Å². The molecule has 2 saturated heterocycles. The Kier molecular flexibility index (Phi) is 5.25. The van der Waals surface area contributed by atoms with Crippen LogP contribution in [0.4, 0.5) is 5.69 Å². The summed E-state index contributed by atoms with van der Waals surface area (Å²) in [6, 6.07) is 14.6. The monoisotopic (exact) mass is 389 g/mol. The molecule has 0 bridgehead atoms. The van der Waals surface area contributed by atoms with E-state index in [2.05, 4.69) is 0 Å². The Balaban J connectivity index is 1.43. The molecule has 2 aromatic rings. The summed E-state index contributed by atoms with van der Waals surface area (Å²) in [4.78, 5) is 10.2. The van der Waals surface area contributed by atoms with Crippen LogP contribution in [0.15, 0.2) is 54.6 Å². The number of nitro groups is 1. The molecule has 0 aliphatic carbocycles. The highest BCUT2D eigenvalue weighted by Crippen LogP contribution is 2.34. The van der Waals surface area contributed by atoms with E-state index >= 15 is 0 Å². The zero-order valence-corrected chi connectivity index (χ0v) is 14.7. The molecule has 0 spiro atoms. The second-order valence-electron chi connectivity index (χ2n) is 6.57. The number of aliphatic hydroxyl groups is 2. The molecule has 2 aliphatic heterocycles. The van der Waals surface area contributed by atoms with Gasteiger partial charge in [0.2, 0.25) is 6.29 Å². The molecule has 6 atom stereocenters. The Morgan fingerprint density at radius 3 is 2.39 bits per heavy atom. The van der Waals surface area contributed by atoms with Gasteiger partial charge in [-0.05, 0) is 12.1 Å². The van der Waals surface area contributed by atoms with E-state index in [0.29, 0.717) is 0 Å². The second kappa shape index (κ2) is 7.82. The third-order valence-corrected chi connectivity index (χ3v) is 4.70. The summed E-state index contributed by atoms with van der Waals surface area (Å²) in [5, 5.41) is 31.7. The Morgan fingerprint density at radius 2 is 1.71 bits per heavy atom. The zero-order chi connectivity index (χ0) is 19.7. The minimum atomic E-state index is -1.37. The summed E-state index contributed by atoms with van der Waals surface area (Å²) in [5.74, 6) is 0.264. The van der Waals surface area contributed by atoms with Gasteiger partial charge in [0.25, 0.3) is 5.69 Å². The SMILES string of the molecule is O=[N+]([O-])c1ccc(O[C@@H]2O[C@@H]3COC(c4ccccc4)O[C@H]3[C@@H](O)[C@H]2O)cc1. The maximum atomic E-state index is 10.7. The van der Waals surface area contributed by atoms with Crippen LogP contribution in [0, 0.1) is 10.1 Å². The molecule has 2 heterocycles. The lowest BCUT2D eigenvalue weighted by Crippen LogP contribution is -2.62. The van der Waals surface area contributed by atoms with Crippen molar-refractivity contribution in [3.05, 3.63) is 70.3 Å². The van der Waals surface area contributed by atoms with Gasteiger partial charge in [0, 0.05) is 17.7 Å². The lowest BCUT2D eigenvalue weighted by atomic mass is 9.98. The summed E-state index contributed by atoms with van der Waals surface area (Å²) in [6.07, 6.45) is -5.88. The lowest BCUT2D eigenvalue weighted by molar-refractivity contribution is -0.384. The Hall–Kier alpha value is -2.56. The summed E-state index contributed by atoms with van der Waals surface area (Å²) in [5.41, 5.74) is 0.713. The number of non-ortho nitro benzene ring substituents is 1. The molecular weight excluding hydrogens is 370 g/mol. The Bertz CT molecular complexity index is 812. The van der Waals surface area contributed by atoms with Crippen molar-refractivity contribution in [1.82, 2.24) is 0 Å². The van der Waals surface area contributed by atoms with Gasteiger partial charge in [-0.1, -0.05) is 30.3 Å². The molecule has 148 valence electrons. The van der Waals surface area contributed by atoms with Gasteiger partial charge in [0.05, 0.1) is 11.5 Å². The second-order valence-corrected chi connectivity index (χ2v) is 6.57. The van der Waals surface area contributed by atoms with Gasteiger partial charge in [-0.2, -0.15) is 0 Å². The largest absolute Gasteiger partial charge is 0.462 e. The van der Waals surface area contributed by atoms with Crippen LogP contribution in [0.5, 0.6) is 5.75 Å². The minimum absolute atomic E-state index is 0.0846. The molecule has 0 radical (unpaired) electrons. The highest BCUT2D eigenvalue weighted by atomic mass is 16.8. The van der Waals surface area contributed by atoms with Crippen LogP contribution < -0.4 is 4.74 Å². The fourth-order valence-corrected chi connectivity index (χ4v) is 3.23. The normalized spacial score (nSPS) is 32.4. The van der Waals surface area contributed by atoms with Crippen LogP contribution in [0.25, 0.3) is 0 Å². The van der Waals surface area contributed by atoms with Crippen LogP contribution in [-0.4, -0.2) is 52.4 Å². The fourth-order valence-electron chi connectivity index (χ4n) is 3.23. The molecule has 1 unspecified atom stereocenters. The first kappa shape index (κ1) is 18.8. The van der Waals surface area contributed by atoms with E-state index in [1.807, 2.05) is 30.3 Å². The third kappa shape index (κ3) is 3.71. The van der Waals surface area contributed by atoms with E-state index in [9.17, 15) is 20.3 Å². The van der Waals surface area contributed by atoms with Gasteiger partial charge in [-0.25, -0.2) is 0 Å². The average Bonchev–Trinajstić information content (AvgIpc) is 2.72. The molecule has 9 heteroatoms. The topological polar surface area (TPSA) is 121 Å². The van der Waals surface area contributed by atoms with E-state index in [4.69, 9.17) is 18.9 Å². The average molecular weight is 389 g/mol. The maximum absolute atomic E-state index is 10.7. The first-order valence-corrected chi connectivity index (χ1v) is 8.77. The summed E-state index contributed by atoms with van der Waals surface area (Å²) >= 11 is 0. The van der Waals surface area contributed by atoms with Crippen LogP contribution in [0.2, 0.25) is 0 Å². The number of fused-ring (bicyclic) bond motifs is 1. The molecule has 9 nitrogen and oxygen atoms in total. The first-order valence-electron chi connectivity index (χ1n) is 8.77. The quantitative estimate of drug-likeness (QED) is 0.597. The van der Waals surface area contributed by atoms with Crippen molar-refractivity contribution in [2.24, 2.45) is 0 Å². The Morgan fingerprint density at radius 1 is 1.00 bits per heavy atom. The number of nitro benzene ring substituents is 1. The number of nitrogens with zero attached hydrogens (tertiary/aromatic N) is 1. The van der Waals surface area contributed by atoms with E-state index in [1.54, 1.807) is 0 Å². The molecule has 0 aromatic heterocycles. The molecule has 2 N–H and O–H groups in total. The maximum Gasteiger partial charge on any atom is 0.269 e. The number of rotatable bonds is 4. The highest BCUT2D eigenvalue weighted by Gasteiger charge is 2.49. The molecule has 28 heavy (non-hydrogen) atoms. The predicted molar refractivity (Wildman–Crippen MR) is 94.4 cm³/mol. The van der Waals surface area contributed by atoms with E-state index in [1.165, 1.54) is 24.3 Å². The molecule has 2 aromatic carbocycles. The molecule has 4 rings (SSSR count). The van der Waals surface area contributed by atoms with Gasteiger partial charge in [-0.15, -0.1) is 0 Å². The van der Waals surface area contributed by atoms with Gasteiger partial charge < -0.3 is 29.2 Å². The predicted octanol–water partition coefficient (Wildman–Crippen LogP) is 1.53. The van der Waals surface area contributed by atoms with Crippen LogP contribution in [0.1, 0.15) is 11.9 Å². The standard InChI is InChI=1S/C19H19NO8/c21-15-16(22)19(26-13-8-6-12(7-9-13)20(23)24)27-14-10-25-18(28-17(14)15)11-4-2-1-3-5-11/h1-9,14-19,21-22H,10H2/t14-,15+,16-,17-,18?,19-/m1/s1. The van der Waals surface area contributed by atoms with Gasteiger partial charge in [0.1, 0.15) is 30.2 Å². The molecule has 2 aliphatic rings. The smallest absolute Gasteiger partial charge is 0.269 e. The number of benzene rings is 2. The van der Waals surface area contributed by atoms with Crippen molar-refractivity contribution in [3.63, 3.8) is 0 Å². The van der Waals surface area contributed by atoms with Gasteiger partial charge >= 0.3 is 0 Å². The highest BCUT2D eigenvalue weighted by molar-refractivity contribution is 5.36. The summed E-state index contributed by atoms with van der Waals surface area (Å²) in [6.45, 7) is 0.147. The van der Waals surface area contributed by atoms with Crippen LogP contribution >= 0.6 is 0 Å². The van der Waals surface area contributed by atoms with E-state index in [0.717, 1.165) is 5.56 Å². The molecule has 0 saturated carbocycles. The van der Waals surface area contributed by atoms with Crippen molar-refractivity contribution in [2.45, 2.75) is 37.0 Å². The Labute approximate surface area is 160 Å².